The molecular formula is C16H23N3O. The van der Waals surface area contributed by atoms with Crippen LogP contribution in [0.2, 0.25) is 0 Å². The summed E-state index contributed by atoms with van der Waals surface area (Å²) in [5, 5.41) is 3.33. The predicted molar refractivity (Wildman–Crippen MR) is 81.2 cm³/mol. The highest BCUT2D eigenvalue weighted by atomic mass is 16.2. The molecule has 4 nitrogen and oxygen atoms in total. The number of rotatable bonds is 3. The number of hydrogen-bond acceptors (Lipinski definition) is 3. The van der Waals surface area contributed by atoms with Gasteiger partial charge in [0.05, 0.1) is 0 Å². The van der Waals surface area contributed by atoms with E-state index in [1.165, 1.54) is 17.7 Å². The van der Waals surface area contributed by atoms with Gasteiger partial charge < -0.3 is 15.1 Å². The Labute approximate surface area is 120 Å². The minimum atomic E-state index is 0.147. The molecule has 0 aromatic heterocycles. The number of fused-ring (bicyclic) bond motifs is 1. The largest absolute Gasteiger partial charge is 0.384 e. The summed E-state index contributed by atoms with van der Waals surface area (Å²) in [7, 11) is 4.07. The minimum absolute atomic E-state index is 0.147. The number of nitrogens with zero attached hydrogens (tertiary/aromatic N) is 2. The zero-order valence-corrected chi connectivity index (χ0v) is 12.4. The third-order valence-corrected chi connectivity index (χ3v) is 4.43. The molecule has 1 aromatic rings. The molecule has 3 rings (SSSR count). The number of benzene rings is 1. The molecule has 0 radical (unpaired) electrons. The third-order valence-electron chi connectivity index (χ3n) is 4.43. The molecule has 2 aliphatic heterocycles. The van der Waals surface area contributed by atoms with Gasteiger partial charge in [-0.3, -0.25) is 4.79 Å². The summed E-state index contributed by atoms with van der Waals surface area (Å²) in [5.41, 5.74) is 3.27. The average Bonchev–Trinajstić information content (AvgIpc) is 3.05. The van der Waals surface area contributed by atoms with Crippen molar-refractivity contribution in [2.75, 3.05) is 45.6 Å². The summed E-state index contributed by atoms with van der Waals surface area (Å²) in [6.45, 7) is 4.10. The maximum Gasteiger partial charge on any atom is 0.253 e. The number of nitrogens with one attached hydrogen (secondary N) is 1. The van der Waals surface area contributed by atoms with Gasteiger partial charge in [-0.05, 0) is 56.1 Å². The normalized spacial score (nSPS) is 21.6. The van der Waals surface area contributed by atoms with Gasteiger partial charge in [0.1, 0.15) is 0 Å². The smallest absolute Gasteiger partial charge is 0.253 e. The fraction of sp³-hybridized carbons (Fsp3) is 0.562. The lowest BCUT2D eigenvalue weighted by Crippen LogP contribution is -2.32. The number of carbonyl (C=O) groups is 1. The number of anilines is 1. The second kappa shape index (κ2) is 5.44. The highest BCUT2D eigenvalue weighted by Gasteiger charge is 2.23. The van der Waals surface area contributed by atoms with Gasteiger partial charge in [0.15, 0.2) is 0 Å². The van der Waals surface area contributed by atoms with E-state index in [9.17, 15) is 4.79 Å². The molecule has 4 heteroatoms. The lowest BCUT2D eigenvalue weighted by Gasteiger charge is -2.21. The van der Waals surface area contributed by atoms with E-state index in [-0.39, 0.29) is 5.91 Å². The maximum absolute atomic E-state index is 12.5. The first-order valence-corrected chi connectivity index (χ1v) is 7.44. The number of hydrogen-bond donors (Lipinski definition) is 1. The van der Waals surface area contributed by atoms with Crippen LogP contribution in [-0.2, 0) is 6.42 Å². The molecule has 1 atom stereocenters. The summed E-state index contributed by atoms with van der Waals surface area (Å²) in [6, 6.07) is 6.03. The van der Waals surface area contributed by atoms with Gasteiger partial charge >= 0.3 is 0 Å². The lowest BCUT2D eigenvalue weighted by atomic mass is 10.1. The first-order valence-electron chi connectivity index (χ1n) is 7.44. The van der Waals surface area contributed by atoms with Gasteiger partial charge in [0.2, 0.25) is 0 Å². The van der Waals surface area contributed by atoms with E-state index in [0.29, 0.717) is 5.92 Å². The molecule has 1 saturated heterocycles. The highest BCUT2D eigenvalue weighted by molar-refractivity contribution is 5.95. The van der Waals surface area contributed by atoms with E-state index in [2.05, 4.69) is 23.3 Å². The van der Waals surface area contributed by atoms with E-state index < -0.39 is 0 Å². The monoisotopic (exact) mass is 273 g/mol. The van der Waals surface area contributed by atoms with Crippen molar-refractivity contribution in [2.24, 2.45) is 5.92 Å². The Hall–Kier alpha value is -1.55. The molecule has 0 bridgehead atoms. The van der Waals surface area contributed by atoms with E-state index in [1.807, 2.05) is 24.1 Å². The van der Waals surface area contributed by atoms with Crippen LogP contribution in [0.5, 0.6) is 0 Å². The van der Waals surface area contributed by atoms with Gasteiger partial charge in [0.25, 0.3) is 5.91 Å². The van der Waals surface area contributed by atoms with Crippen molar-refractivity contribution >= 4 is 11.6 Å². The Morgan fingerprint density at radius 2 is 2.35 bits per heavy atom. The lowest BCUT2D eigenvalue weighted by molar-refractivity contribution is 0.0774. The molecule has 0 saturated carbocycles. The van der Waals surface area contributed by atoms with Crippen molar-refractivity contribution in [2.45, 2.75) is 12.8 Å². The Morgan fingerprint density at radius 3 is 3.10 bits per heavy atom. The quantitative estimate of drug-likeness (QED) is 0.910. The van der Waals surface area contributed by atoms with Crippen LogP contribution in [0.15, 0.2) is 18.2 Å². The molecular weight excluding hydrogens is 250 g/mol. The molecule has 1 amide bonds. The summed E-state index contributed by atoms with van der Waals surface area (Å²) in [4.78, 5) is 16.7. The summed E-state index contributed by atoms with van der Waals surface area (Å²) >= 11 is 0. The fourth-order valence-electron chi connectivity index (χ4n) is 3.30. The molecule has 1 N–H and O–H groups in total. The zero-order chi connectivity index (χ0) is 14.1. The Morgan fingerprint density at radius 1 is 1.50 bits per heavy atom. The second-order valence-electron chi connectivity index (χ2n) is 6.15. The molecule has 0 spiro atoms. The topological polar surface area (TPSA) is 35.6 Å². The number of amides is 1. The molecule has 20 heavy (non-hydrogen) atoms. The maximum atomic E-state index is 12.5. The van der Waals surface area contributed by atoms with E-state index >= 15 is 0 Å². The third kappa shape index (κ3) is 2.66. The first-order chi connectivity index (χ1) is 9.63. The molecule has 2 heterocycles. The summed E-state index contributed by atoms with van der Waals surface area (Å²) < 4.78 is 0. The zero-order valence-electron chi connectivity index (χ0n) is 12.4. The minimum Gasteiger partial charge on any atom is -0.384 e. The Bertz CT molecular complexity index is 514. The van der Waals surface area contributed by atoms with E-state index in [1.54, 1.807) is 0 Å². The fourth-order valence-corrected chi connectivity index (χ4v) is 3.30. The van der Waals surface area contributed by atoms with Crippen molar-refractivity contribution < 1.29 is 4.79 Å². The molecule has 2 aliphatic rings. The first kappa shape index (κ1) is 13.4. The Balaban J connectivity index is 1.65. The van der Waals surface area contributed by atoms with Crippen LogP contribution < -0.4 is 5.32 Å². The van der Waals surface area contributed by atoms with Crippen LogP contribution in [0.25, 0.3) is 0 Å². The molecule has 1 aromatic carbocycles. The number of likely N-dealkylation sites (tertiary alicyclic amines) is 1. The van der Waals surface area contributed by atoms with Crippen LogP contribution in [0.4, 0.5) is 5.69 Å². The average molecular weight is 273 g/mol. The predicted octanol–water partition coefficient (Wildman–Crippen LogP) is 1.68. The van der Waals surface area contributed by atoms with Crippen molar-refractivity contribution in [3.8, 4) is 0 Å². The SMILES string of the molecule is CN1CCC(CN(C)C(=O)c2ccc3c(c2)CCN3)C1. The van der Waals surface area contributed by atoms with Gasteiger partial charge in [-0.1, -0.05) is 0 Å². The van der Waals surface area contributed by atoms with E-state index in [0.717, 1.165) is 38.2 Å². The van der Waals surface area contributed by atoms with Crippen molar-refractivity contribution in [3.63, 3.8) is 0 Å². The Kier molecular flexibility index (Phi) is 3.66. The van der Waals surface area contributed by atoms with Crippen LogP contribution in [0, 0.1) is 5.92 Å². The highest BCUT2D eigenvalue weighted by Crippen LogP contribution is 2.24. The van der Waals surface area contributed by atoms with Gasteiger partial charge in [0, 0.05) is 37.9 Å². The van der Waals surface area contributed by atoms with Crippen molar-refractivity contribution in [1.29, 1.82) is 0 Å². The van der Waals surface area contributed by atoms with Crippen LogP contribution in [0.1, 0.15) is 22.3 Å². The van der Waals surface area contributed by atoms with Gasteiger partial charge in [-0.15, -0.1) is 0 Å². The van der Waals surface area contributed by atoms with E-state index in [4.69, 9.17) is 0 Å². The second-order valence-corrected chi connectivity index (χ2v) is 6.15. The van der Waals surface area contributed by atoms with Crippen molar-refractivity contribution in [3.05, 3.63) is 29.3 Å². The molecule has 108 valence electrons. The van der Waals surface area contributed by atoms with Crippen molar-refractivity contribution in [1.82, 2.24) is 9.80 Å². The van der Waals surface area contributed by atoms with Crippen LogP contribution in [-0.4, -0.2) is 56.0 Å². The summed E-state index contributed by atoms with van der Waals surface area (Å²) in [6.07, 6.45) is 2.22. The van der Waals surface area contributed by atoms with Crippen LogP contribution in [0.3, 0.4) is 0 Å². The molecule has 1 unspecified atom stereocenters. The van der Waals surface area contributed by atoms with Gasteiger partial charge in [-0.25, -0.2) is 0 Å². The van der Waals surface area contributed by atoms with Gasteiger partial charge in [-0.2, -0.15) is 0 Å². The molecule has 1 fully saturated rings. The van der Waals surface area contributed by atoms with Crippen LogP contribution >= 0.6 is 0 Å². The number of carbonyl (C=O) groups excluding carboxylic acids is 1. The molecule has 0 aliphatic carbocycles. The standard InChI is InChI=1S/C16H23N3O/c1-18-8-6-12(10-18)11-19(2)16(20)14-3-4-15-13(9-14)5-7-17-15/h3-4,9,12,17H,5-8,10-11H2,1-2H3. The summed E-state index contributed by atoms with van der Waals surface area (Å²) in [5.74, 6) is 0.763.